The molecule has 0 aliphatic carbocycles. The molecule has 1 atom stereocenters. The predicted molar refractivity (Wildman–Crippen MR) is 101 cm³/mol. The second kappa shape index (κ2) is 8.23. The second-order valence-electron chi connectivity index (χ2n) is 6.48. The molecule has 0 aliphatic heterocycles. The van der Waals surface area contributed by atoms with Crippen molar-refractivity contribution in [1.82, 2.24) is 20.1 Å². The monoisotopic (exact) mass is 430 g/mol. The van der Waals surface area contributed by atoms with Crippen molar-refractivity contribution < 1.29 is 26.8 Å². The molecular formula is C21H14F4N4O2. The summed E-state index contributed by atoms with van der Waals surface area (Å²) in [5.74, 6) is -1.41. The van der Waals surface area contributed by atoms with Crippen LogP contribution in [0.1, 0.15) is 23.0 Å². The van der Waals surface area contributed by atoms with Gasteiger partial charge in [-0.05, 0) is 30.3 Å². The molecule has 0 amide bonds. The Hall–Kier alpha value is -3.66. The fraction of sp³-hybridized carbons (Fsp3) is 0.143. The van der Waals surface area contributed by atoms with E-state index in [0.29, 0.717) is 11.1 Å². The molecule has 4 aromatic rings. The van der Waals surface area contributed by atoms with Crippen LogP contribution >= 0.6 is 0 Å². The molecule has 6 nitrogen and oxygen atoms in total. The molecule has 0 aliphatic rings. The molecule has 0 spiro atoms. The van der Waals surface area contributed by atoms with Gasteiger partial charge in [0.25, 0.3) is 0 Å². The molecule has 1 aromatic carbocycles. The van der Waals surface area contributed by atoms with Gasteiger partial charge in [0, 0.05) is 48.6 Å². The number of rotatable bonds is 5. The van der Waals surface area contributed by atoms with Crippen molar-refractivity contribution in [1.29, 1.82) is 0 Å². The van der Waals surface area contributed by atoms with Gasteiger partial charge >= 0.3 is 6.18 Å². The lowest BCUT2D eigenvalue weighted by molar-refractivity contribution is -0.157. The zero-order valence-electron chi connectivity index (χ0n) is 16.0. The van der Waals surface area contributed by atoms with Crippen LogP contribution in [0.2, 0.25) is 0 Å². The van der Waals surface area contributed by atoms with E-state index in [9.17, 15) is 17.6 Å². The Bertz CT molecular complexity index is 1160. The Morgan fingerprint density at radius 1 is 0.968 bits per heavy atom. The number of halogens is 4. The van der Waals surface area contributed by atoms with E-state index in [0.717, 1.165) is 0 Å². The van der Waals surface area contributed by atoms with Gasteiger partial charge in [0.05, 0.1) is 5.56 Å². The van der Waals surface area contributed by atoms with Crippen LogP contribution in [0.4, 0.5) is 17.6 Å². The van der Waals surface area contributed by atoms with Crippen LogP contribution < -0.4 is 0 Å². The van der Waals surface area contributed by atoms with E-state index >= 15 is 0 Å². The van der Waals surface area contributed by atoms with E-state index < -0.39 is 23.9 Å². The summed E-state index contributed by atoms with van der Waals surface area (Å²) in [6.07, 6.45) is -0.388. The summed E-state index contributed by atoms with van der Waals surface area (Å²) in [6, 6.07) is 8.69. The van der Waals surface area contributed by atoms with Crippen LogP contribution in [-0.4, -0.2) is 27.2 Å². The van der Waals surface area contributed by atoms with E-state index in [1.165, 1.54) is 56.2 Å². The van der Waals surface area contributed by atoms with E-state index in [1.54, 1.807) is 12.1 Å². The molecule has 3 heterocycles. The fourth-order valence-electron chi connectivity index (χ4n) is 3.10. The SMILES string of the molecule is COC(c1cccnc1)c1c(-c2cnc(-c3ccc(F)cc3)nc2)noc1C(F)(F)F. The Kier molecular flexibility index (Phi) is 5.47. The summed E-state index contributed by atoms with van der Waals surface area (Å²) in [5, 5.41) is 3.64. The van der Waals surface area contributed by atoms with Gasteiger partial charge in [-0.15, -0.1) is 0 Å². The van der Waals surface area contributed by atoms with E-state index in [-0.39, 0.29) is 22.6 Å². The predicted octanol–water partition coefficient (Wildman–Crippen LogP) is 5.09. The van der Waals surface area contributed by atoms with Crippen LogP contribution in [0.5, 0.6) is 0 Å². The number of ether oxygens (including phenoxy) is 1. The summed E-state index contributed by atoms with van der Waals surface area (Å²) >= 11 is 0. The minimum Gasteiger partial charge on any atom is -0.372 e. The van der Waals surface area contributed by atoms with Crippen LogP contribution in [0.3, 0.4) is 0 Å². The second-order valence-corrected chi connectivity index (χ2v) is 6.48. The Labute approximate surface area is 173 Å². The lowest BCUT2D eigenvalue weighted by Gasteiger charge is -2.17. The summed E-state index contributed by atoms with van der Waals surface area (Å²) in [5.41, 5.74) is 0.735. The van der Waals surface area contributed by atoms with Gasteiger partial charge in [-0.2, -0.15) is 13.2 Å². The van der Waals surface area contributed by atoms with Crippen molar-refractivity contribution in [3.05, 3.63) is 83.9 Å². The minimum absolute atomic E-state index is 0.103. The van der Waals surface area contributed by atoms with E-state index in [2.05, 4.69) is 24.6 Å². The smallest absolute Gasteiger partial charge is 0.372 e. The third-order valence-electron chi connectivity index (χ3n) is 4.50. The standard InChI is InChI=1S/C21H14F4N4O2/c1-30-18(13-3-2-8-26-9-13)16-17(29-31-19(16)21(23,24)25)14-10-27-20(28-11-14)12-4-6-15(22)7-5-12/h2-11,18H,1H3. The molecule has 0 saturated heterocycles. The number of nitrogens with zero attached hydrogens (tertiary/aromatic N) is 4. The molecule has 0 bridgehead atoms. The first-order chi connectivity index (χ1) is 14.9. The highest BCUT2D eigenvalue weighted by molar-refractivity contribution is 5.65. The molecular weight excluding hydrogens is 416 g/mol. The first-order valence-corrected chi connectivity index (χ1v) is 8.96. The molecule has 3 aromatic heterocycles. The topological polar surface area (TPSA) is 73.9 Å². The molecule has 0 fully saturated rings. The Balaban J connectivity index is 1.80. The zero-order valence-corrected chi connectivity index (χ0v) is 16.0. The number of hydrogen-bond donors (Lipinski definition) is 0. The molecule has 0 N–H and O–H groups in total. The number of methoxy groups -OCH3 is 1. The minimum atomic E-state index is -4.80. The molecule has 4 rings (SSSR count). The average Bonchev–Trinajstić information content (AvgIpc) is 3.21. The van der Waals surface area contributed by atoms with Crippen molar-refractivity contribution >= 4 is 0 Å². The molecule has 0 radical (unpaired) electrons. The highest BCUT2D eigenvalue weighted by Crippen LogP contribution is 2.42. The Morgan fingerprint density at radius 2 is 1.68 bits per heavy atom. The molecule has 10 heteroatoms. The lowest BCUT2D eigenvalue weighted by atomic mass is 9.98. The maximum absolute atomic E-state index is 13.6. The highest BCUT2D eigenvalue weighted by atomic mass is 19.4. The molecule has 158 valence electrons. The number of pyridine rings is 1. The van der Waals surface area contributed by atoms with Gasteiger partial charge in [-0.1, -0.05) is 11.2 Å². The van der Waals surface area contributed by atoms with Crippen LogP contribution in [0, 0.1) is 5.82 Å². The maximum atomic E-state index is 13.6. The molecule has 1 unspecified atom stereocenters. The number of benzene rings is 1. The number of hydrogen-bond acceptors (Lipinski definition) is 6. The van der Waals surface area contributed by atoms with Crippen molar-refractivity contribution in [2.75, 3.05) is 7.11 Å². The normalized spacial score (nSPS) is 12.7. The van der Waals surface area contributed by atoms with Crippen molar-refractivity contribution in [2.24, 2.45) is 0 Å². The summed E-state index contributed by atoms with van der Waals surface area (Å²) in [7, 11) is 1.28. The summed E-state index contributed by atoms with van der Waals surface area (Å²) in [4.78, 5) is 12.3. The van der Waals surface area contributed by atoms with Gasteiger partial charge in [-0.3, -0.25) is 4.98 Å². The van der Waals surface area contributed by atoms with Crippen molar-refractivity contribution in [3.63, 3.8) is 0 Å². The van der Waals surface area contributed by atoms with Gasteiger partial charge in [0.1, 0.15) is 17.6 Å². The Morgan fingerprint density at radius 3 is 2.26 bits per heavy atom. The number of aromatic nitrogens is 4. The molecule has 0 saturated carbocycles. The van der Waals surface area contributed by atoms with Crippen LogP contribution in [-0.2, 0) is 10.9 Å². The third kappa shape index (κ3) is 4.15. The first-order valence-electron chi connectivity index (χ1n) is 8.96. The zero-order chi connectivity index (χ0) is 22.0. The lowest BCUT2D eigenvalue weighted by Crippen LogP contribution is -2.13. The fourth-order valence-corrected chi connectivity index (χ4v) is 3.10. The maximum Gasteiger partial charge on any atom is 0.452 e. The molecule has 31 heavy (non-hydrogen) atoms. The largest absolute Gasteiger partial charge is 0.452 e. The first kappa shape index (κ1) is 20.6. The third-order valence-corrected chi connectivity index (χ3v) is 4.50. The van der Waals surface area contributed by atoms with Crippen LogP contribution in [0.25, 0.3) is 22.6 Å². The summed E-state index contributed by atoms with van der Waals surface area (Å²) in [6.45, 7) is 0. The quantitative estimate of drug-likeness (QED) is 0.411. The average molecular weight is 430 g/mol. The van der Waals surface area contributed by atoms with E-state index in [4.69, 9.17) is 4.74 Å². The highest BCUT2D eigenvalue weighted by Gasteiger charge is 2.43. The van der Waals surface area contributed by atoms with Gasteiger partial charge in [0.2, 0.25) is 5.76 Å². The van der Waals surface area contributed by atoms with Gasteiger partial charge < -0.3 is 9.26 Å². The van der Waals surface area contributed by atoms with Gasteiger partial charge in [0.15, 0.2) is 5.82 Å². The summed E-state index contributed by atoms with van der Waals surface area (Å²) < 4.78 is 64.1. The van der Waals surface area contributed by atoms with E-state index in [1.807, 2.05) is 0 Å². The van der Waals surface area contributed by atoms with Gasteiger partial charge in [-0.25, -0.2) is 14.4 Å². The number of alkyl halides is 3. The van der Waals surface area contributed by atoms with Crippen LogP contribution in [0.15, 0.2) is 65.7 Å². The van der Waals surface area contributed by atoms with Crippen molar-refractivity contribution in [3.8, 4) is 22.6 Å². The van der Waals surface area contributed by atoms with Crippen molar-refractivity contribution in [2.45, 2.75) is 12.3 Å².